The van der Waals surface area contributed by atoms with Gasteiger partial charge in [0.2, 0.25) is 5.79 Å². The van der Waals surface area contributed by atoms with Gasteiger partial charge in [-0.05, 0) is 18.6 Å². The van der Waals surface area contributed by atoms with Crippen molar-refractivity contribution in [3.05, 3.63) is 64.3 Å². The van der Waals surface area contributed by atoms with Crippen LogP contribution in [-0.2, 0) is 22.3 Å². The van der Waals surface area contributed by atoms with Crippen LogP contribution in [0.15, 0.2) is 36.4 Å². The monoisotopic (exact) mass is 392 g/mol. The molecule has 6 nitrogen and oxygen atoms in total. The van der Waals surface area contributed by atoms with Crippen LogP contribution in [0.4, 0.5) is 0 Å². The van der Waals surface area contributed by atoms with Crippen LogP contribution in [0.5, 0.6) is 0 Å². The van der Waals surface area contributed by atoms with Crippen molar-refractivity contribution < 1.29 is 19.1 Å². The summed E-state index contributed by atoms with van der Waals surface area (Å²) < 4.78 is 13.2. The molecule has 0 radical (unpaired) electrons. The Balaban J connectivity index is 1.99. The smallest absolute Gasteiger partial charge is 0.214 e. The second kappa shape index (κ2) is 7.21. The number of carbonyl (C=O) groups excluding carboxylic acids is 2. The molecule has 0 unspecified atom stereocenters. The van der Waals surface area contributed by atoms with Gasteiger partial charge in [-0.2, -0.15) is 5.10 Å². The summed E-state index contributed by atoms with van der Waals surface area (Å²) in [6, 6.07) is 10.5. The van der Waals surface area contributed by atoms with Gasteiger partial charge in [0.1, 0.15) is 5.69 Å². The molecule has 1 heterocycles. The fourth-order valence-electron chi connectivity index (χ4n) is 4.24. The van der Waals surface area contributed by atoms with Crippen molar-refractivity contribution in [3.63, 3.8) is 0 Å². The van der Waals surface area contributed by atoms with Gasteiger partial charge >= 0.3 is 0 Å². The molecule has 3 aromatic rings. The number of ketones is 2. The molecule has 4 rings (SSSR count). The zero-order chi connectivity index (χ0) is 20.8. The van der Waals surface area contributed by atoms with E-state index < -0.39 is 5.79 Å². The standard InChI is InChI=1S/C23H24N2O4/c1-5-6-13-23(28-3,29-4)22-17-12-11-16-18(19(17)25(2)24-22)21(27)15-10-8-7-9-14(15)20(16)26/h7-12H,5-6,13H2,1-4H3. The quantitative estimate of drug-likeness (QED) is 0.464. The molecule has 0 atom stereocenters. The highest BCUT2D eigenvalue weighted by Crippen LogP contribution is 2.39. The average Bonchev–Trinajstić information content (AvgIpc) is 3.10. The first-order valence-electron chi connectivity index (χ1n) is 9.78. The molecule has 1 aromatic heterocycles. The third-order valence-corrected chi connectivity index (χ3v) is 5.77. The Kier molecular flexibility index (Phi) is 4.84. The summed E-state index contributed by atoms with van der Waals surface area (Å²) in [6.07, 6.45) is 2.52. The van der Waals surface area contributed by atoms with E-state index in [9.17, 15) is 9.59 Å². The molecule has 0 spiro atoms. The van der Waals surface area contributed by atoms with E-state index in [4.69, 9.17) is 9.47 Å². The number of unbranched alkanes of at least 4 members (excludes halogenated alkanes) is 1. The third kappa shape index (κ3) is 2.74. The number of methoxy groups -OCH3 is 2. The van der Waals surface area contributed by atoms with E-state index in [0.29, 0.717) is 39.9 Å². The SMILES string of the molecule is CCCCC(OC)(OC)c1nn(C)c2c3c(ccc12)C(=O)c1ccccc1C3=O. The van der Waals surface area contributed by atoms with Crippen LogP contribution < -0.4 is 0 Å². The van der Waals surface area contributed by atoms with Crippen molar-refractivity contribution >= 4 is 22.5 Å². The largest absolute Gasteiger partial charge is 0.348 e. The molecule has 0 bridgehead atoms. The number of hydrogen-bond donors (Lipinski definition) is 0. The Hall–Kier alpha value is -2.83. The highest BCUT2D eigenvalue weighted by atomic mass is 16.7. The first-order valence-corrected chi connectivity index (χ1v) is 9.78. The van der Waals surface area contributed by atoms with Crippen molar-refractivity contribution in [2.24, 2.45) is 7.05 Å². The Morgan fingerprint density at radius 1 is 0.966 bits per heavy atom. The minimum atomic E-state index is -1.01. The van der Waals surface area contributed by atoms with Crippen LogP contribution in [-0.4, -0.2) is 35.6 Å². The number of carbonyl (C=O) groups is 2. The number of hydrogen-bond acceptors (Lipinski definition) is 5. The molecule has 6 heteroatoms. The molecule has 1 aliphatic rings. The Bertz CT molecular complexity index is 1130. The van der Waals surface area contributed by atoms with E-state index in [1.165, 1.54) is 0 Å². The van der Waals surface area contributed by atoms with Crippen molar-refractivity contribution in [3.8, 4) is 0 Å². The topological polar surface area (TPSA) is 70.4 Å². The maximum Gasteiger partial charge on any atom is 0.214 e. The van der Waals surface area contributed by atoms with Crippen molar-refractivity contribution in [2.45, 2.75) is 32.0 Å². The van der Waals surface area contributed by atoms with Gasteiger partial charge in [-0.3, -0.25) is 14.3 Å². The highest BCUT2D eigenvalue weighted by molar-refractivity contribution is 6.31. The average molecular weight is 392 g/mol. The van der Waals surface area contributed by atoms with Crippen LogP contribution >= 0.6 is 0 Å². The minimum absolute atomic E-state index is 0.143. The molecule has 2 aromatic carbocycles. The van der Waals surface area contributed by atoms with Crippen LogP contribution in [0.3, 0.4) is 0 Å². The van der Waals surface area contributed by atoms with Gasteiger partial charge in [-0.1, -0.05) is 37.6 Å². The van der Waals surface area contributed by atoms with E-state index >= 15 is 0 Å². The number of aryl methyl sites for hydroxylation is 1. The van der Waals surface area contributed by atoms with Crippen LogP contribution in [0.25, 0.3) is 10.9 Å². The Morgan fingerprint density at radius 3 is 2.24 bits per heavy atom. The Morgan fingerprint density at radius 2 is 1.62 bits per heavy atom. The van der Waals surface area contributed by atoms with Gasteiger partial charge in [0, 0.05) is 49.8 Å². The molecule has 0 fully saturated rings. The van der Waals surface area contributed by atoms with E-state index in [2.05, 4.69) is 12.0 Å². The molecule has 0 N–H and O–H groups in total. The van der Waals surface area contributed by atoms with Crippen molar-refractivity contribution in [1.82, 2.24) is 9.78 Å². The summed E-state index contributed by atoms with van der Waals surface area (Å²) in [5.41, 5.74) is 2.92. The predicted octanol–water partition coefficient (Wildman–Crippen LogP) is 3.98. The molecule has 0 saturated heterocycles. The lowest BCUT2D eigenvalue weighted by Crippen LogP contribution is -2.31. The van der Waals surface area contributed by atoms with Crippen LogP contribution in [0.1, 0.15) is 63.7 Å². The van der Waals surface area contributed by atoms with E-state index in [1.54, 1.807) is 56.3 Å². The van der Waals surface area contributed by atoms with Crippen LogP contribution in [0.2, 0.25) is 0 Å². The second-order valence-electron chi connectivity index (χ2n) is 7.33. The maximum atomic E-state index is 13.3. The molecule has 1 aliphatic carbocycles. The first-order chi connectivity index (χ1) is 14.0. The van der Waals surface area contributed by atoms with Gasteiger partial charge in [0.05, 0.1) is 11.1 Å². The molecule has 0 amide bonds. The molecular formula is C23H24N2O4. The number of nitrogens with zero attached hydrogens (tertiary/aromatic N) is 2. The zero-order valence-corrected chi connectivity index (χ0v) is 17.1. The van der Waals surface area contributed by atoms with Crippen LogP contribution in [0, 0.1) is 0 Å². The number of aromatic nitrogens is 2. The Labute approximate surface area is 169 Å². The van der Waals surface area contributed by atoms with Crippen molar-refractivity contribution in [2.75, 3.05) is 14.2 Å². The fraction of sp³-hybridized carbons (Fsp3) is 0.348. The van der Waals surface area contributed by atoms with E-state index in [-0.39, 0.29) is 11.6 Å². The van der Waals surface area contributed by atoms with Gasteiger partial charge in [-0.15, -0.1) is 0 Å². The lowest BCUT2D eigenvalue weighted by atomic mass is 9.82. The molecule has 29 heavy (non-hydrogen) atoms. The minimum Gasteiger partial charge on any atom is -0.348 e. The number of rotatable bonds is 6. The summed E-state index contributed by atoms with van der Waals surface area (Å²) in [5, 5.41) is 5.44. The van der Waals surface area contributed by atoms with Crippen molar-refractivity contribution in [1.29, 1.82) is 0 Å². The molecule has 150 valence electrons. The molecular weight excluding hydrogens is 368 g/mol. The summed E-state index contributed by atoms with van der Waals surface area (Å²) in [6.45, 7) is 2.10. The normalized spacial score (nSPS) is 13.7. The summed E-state index contributed by atoms with van der Waals surface area (Å²) >= 11 is 0. The van der Waals surface area contributed by atoms with Gasteiger partial charge in [0.15, 0.2) is 11.6 Å². The summed E-state index contributed by atoms with van der Waals surface area (Å²) in [5.74, 6) is -1.32. The lowest BCUT2D eigenvalue weighted by Gasteiger charge is -2.29. The summed E-state index contributed by atoms with van der Waals surface area (Å²) in [7, 11) is 4.98. The number of ether oxygens (including phenoxy) is 2. The number of benzene rings is 2. The molecule has 0 saturated carbocycles. The second-order valence-corrected chi connectivity index (χ2v) is 7.33. The zero-order valence-electron chi connectivity index (χ0n) is 17.1. The van der Waals surface area contributed by atoms with E-state index in [0.717, 1.165) is 18.2 Å². The van der Waals surface area contributed by atoms with Gasteiger partial charge in [-0.25, -0.2) is 0 Å². The van der Waals surface area contributed by atoms with E-state index in [1.807, 2.05) is 6.07 Å². The third-order valence-electron chi connectivity index (χ3n) is 5.77. The van der Waals surface area contributed by atoms with Gasteiger partial charge < -0.3 is 9.47 Å². The van der Waals surface area contributed by atoms with Gasteiger partial charge in [0.25, 0.3) is 0 Å². The highest BCUT2D eigenvalue weighted by Gasteiger charge is 2.39. The lowest BCUT2D eigenvalue weighted by molar-refractivity contribution is -0.222. The summed E-state index contributed by atoms with van der Waals surface area (Å²) in [4.78, 5) is 26.4. The number of fused-ring (bicyclic) bond motifs is 4. The first kappa shape index (κ1) is 19.5. The maximum absolute atomic E-state index is 13.3. The fourth-order valence-corrected chi connectivity index (χ4v) is 4.24. The predicted molar refractivity (Wildman–Crippen MR) is 109 cm³/mol. The molecule has 0 aliphatic heterocycles.